The fraction of sp³-hybridized carbons (Fsp3) is 0.167. The van der Waals surface area contributed by atoms with Crippen LogP contribution in [0.3, 0.4) is 0 Å². The molecule has 10 heteroatoms. The smallest absolute Gasteiger partial charge is 0.280 e. The molecule has 0 unspecified atom stereocenters. The van der Waals surface area contributed by atoms with Gasteiger partial charge in [0.15, 0.2) is 5.69 Å². The third kappa shape index (κ3) is 4.34. The Morgan fingerprint density at radius 2 is 1.79 bits per heavy atom. The number of anilines is 1. The Hall–Kier alpha value is -3.69. The van der Waals surface area contributed by atoms with Gasteiger partial charge < -0.3 is 5.32 Å². The molecule has 144 valence electrons. The standard InChI is InChI=1S/C18H17F2N7O/c1-26(2)24-23-17-16(18(28)21-12-7-4-3-5-8-12)22-25-27(17)11-13-14(19)9-6-10-15(13)20/h3-10H,11H2,1-2H3,(H,21,28). The maximum absolute atomic E-state index is 14.0. The summed E-state index contributed by atoms with van der Waals surface area (Å²) in [7, 11) is 3.27. The number of hydrogen-bond donors (Lipinski definition) is 1. The zero-order valence-electron chi connectivity index (χ0n) is 15.2. The van der Waals surface area contributed by atoms with E-state index in [0.29, 0.717) is 5.69 Å². The fourth-order valence-corrected chi connectivity index (χ4v) is 2.34. The van der Waals surface area contributed by atoms with E-state index in [0.717, 1.165) is 16.8 Å². The summed E-state index contributed by atoms with van der Waals surface area (Å²) in [6.07, 6.45) is 0. The summed E-state index contributed by atoms with van der Waals surface area (Å²) in [6, 6.07) is 12.3. The quantitative estimate of drug-likeness (QED) is 0.520. The molecule has 0 bridgehead atoms. The Labute approximate surface area is 159 Å². The molecule has 1 aromatic heterocycles. The van der Waals surface area contributed by atoms with Gasteiger partial charge in [0.2, 0.25) is 5.82 Å². The first-order valence-electron chi connectivity index (χ1n) is 8.27. The highest BCUT2D eigenvalue weighted by Gasteiger charge is 2.22. The zero-order chi connectivity index (χ0) is 20.1. The average Bonchev–Trinajstić information content (AvgIpc) is 3.06. The molecule has 0 radical (unpaired) electrons. The van der Waals surface area contributed by atoms with Crippen molar-refractivity contribution in [3.05, 3.63) is 71.4 Å². The summed E-state index contributed by atoms with van der Waals surface area (Å²) < 4.78 is 29.1. The molecule has 0 aliphatic carbocycles. The zero-order valence-corrected chi connectivity index (χ0v) is 15.2. The van der Waals surface area contributed by atoms with E-state index in [4.69, 9.17) is 0 Å². The van der Waals surface area contributed by atoms with Crippen LogP contribution in [0.15, 0.2) is 58.9 Å². The molecular weight excluding hydrogens is 368 g/mol. The SMILES string of the molecule is CN(C)N=Nc1c(C(=O)Nc2ccccc2)nnn1Cc1c(F)cccc1F. The van der Waals surface area contributed by atoms with E-state index in [2.05, 4.69) is 26.0 Å². The predicted octanol–water partition coefficient (Wildman–Crippen LogP) is 3.42. The van der Waals surface area contributed by atoms with Crippen LogP contribution in [-0.2, 0) is 6.54 Å². The molecule has 1 amide bonds. The van der Waals surface area contributed by atoms with Crippen molar-refractivity contribution in [2.45, 2.75) is 6.54 Å². The highest BCUT2D eigenvalue weighted by Crippen LogP contribution is 2.22. The molecule has 2 aromatic carbocycles. The second kappa shape index (κ2) is 8.33. The summed E-state index contributed by atoms with van der Waals surface area (Å²) in [5.41, 5.74) is 0.215. The minimum absolute atomic E-state index is 0.0233. The lowest BCUT2D eigenvalue weighted by Gasteiger charge is -2.07. The van der Waals surface area contributed by atoms with Gasteiger partial charge in [-0.2, -0.15) is 0 Å². The van der Waals surface area contributed by atoms with Gasteiger partial charge in [-0.15, -0.1) is 10.2 Å². The first-order chi connectivity index (χ1) is 13.5. The summed E-state index contributed by atoms with van der Waals surface area (Å²) in [5, 5.41) is 19.6. The second-order valence-corrected chi connectivity index (χ2v) is 5.98. The number of carbonyl (C=O) groups excluding carboxylic acids is 1. The second-order valence-electron chi connectivity index (χ2n) is 5.98. The van der Waals surface area contributed by atoms with Crippen molar-refractivity contribution >= 4 is 17.4 Å². The van der Waals surface area contributed by atoms with Crippen molar-refractivity contribution in [3.63, 3.8) is 0 Å². The Bertz CT molecular complexity index is 982. The van der Waals surface area contributed by atoms with Crippen molar-refractivity contribution in [2.75, 3.05) is 19.4 Å². The summed E-state index contributed by atoms with van der Waals surface area (Å²) in [4.78, 5) is 12.6. The van der Waals surface area contributed by atoms with Gasteiger partial charge in [0.25, 0.3) is 5.91 Å². The summed E-state index contributed by atoms with van der Waals surface area (Å²) in [6.45, 7) is -0.300. The minimum atomic E-state index is -0.735. The van der Waals surface area contributed by atoms with Gasteiger partial charge in [-0.1, -0.05) is 34.7 Å². The molecule has 3 aromatic rings. The van der Waals surface area contributed by atoms with Gasteiger partial charge >= 0.3 is 0 Å². The van der Waals surface area contributed by atoms with Gasteiger partial charge in [-0.05, 0) is 24.3 Å². The van der Waals surface area contributed by atoms with Gasteiger partial charge in [0, 0.05) is 25.3 Å². The molecule has 8 nitrogen and oxygen atoms in total. The van der Waals surface area contributed by atoms with E-state index in [9.17, 15) is 13.6 Å². The number of amides is 1. The van der Waals surface area contributed by atoms with Crippen molar-refractivity contribution in [1.82, 2.24) is 20.0 Å². The number of hydrogen-bond acceptors (Lipinski definition) is 5. The van der Waals surface area contributed by atoms with Gasteiger partial charge in [0.05, 0.1) is 6.54 Å². The molecule has 0 saturated carbocycles. The average molecular weight is 385 g/mol. The largest absolute Gasteiger partial charge is 0.320 e. The number of aromatic nitrogens is 3. The monoisotopic (exact) mass is 385 g/mol. The van der Waals surface area contributed by atoms with Crippen molar-refractivity contribution in [1.29, 1.82) is 0 Å². The Morgan fingerprint density at radius 1 is 1.11 bits per heavy atom. The number of benzene rings is 2. The molecule has 0 aliphatic rings. The van der Waals surface area contributed by atoms with Crippen LogP contribution in [0, 0.1) is 11.6 Å². The van der Waals surface area contributed by atoms with Crippen LogP contribution in [0.4, 0.5) is 20.3 Å². The summed E-state index contributed by atoms with van der Waals surface area (Å²) >= 11 is 0. The van der Waals surface area contributed by atoms with Crippen LogP contribution in [0.25, 0.3) is 0 Å². The molecule has 28 heavy (non-hydrogen) atoms. The van der Waals surface area contributed by atoms with E-state index in [1.807, 2.05) is 6.07 Å². The van der Waals surface area contributed by atoms with Crippen molar-refractivity contribution in [3.8, 4) is 0 Å². The number of halogens is 2. The Kier molecular flexibility index (Phi) is 5.68. The molecular formula is C18H17F2N7O. The molecule has 1 N–H and O–H groups in total. The maximum atomic E-state index is 14.0. The normalized spacial score (nSPS) is 11.0. The van der Waals surface area contributed by atoms with Crippen molar-refractivity contribution in [2.24, 2.45) is 10.3 Å². The number of nitrogens with zero attached hydrogens (tertiary/aromatic N) is 6. The van der Waals surface area contributed by atoms with Gasteiger partial charge in [-0.25, -0.2) is 13.5 Å². The molecule has 1 heterocycles. The van der Waals surface area contributed by atoms with Crippen LogP contribution in [0.5, 0.6) is 0 Å². The topological polar surface area (TPSA) is 87.8 Å². The third-order valence-electron chi connectivity index (χ3n) is 3.64. The predicted molar refractivity (Wildman–Crippen MR) is 98.1 cm³/mol. The molecule has 0 saturated heterocycles. The first-order valence-corrected chi connectivity index (χ1v) is 8.27. The Balaban J connectivity index is 1.96. The lowest BCUT2D eigenvalue weighted by atomic mass is 10.2. The first kappa shape index (κ1) is 19.1. The van der Waals surface area contributed by atoms with E-state index in [1.54, 1.807) is 38.4 Å². The van der Waals surface area contributed by atoms with Crippen LogP contribution in [0.1, 0.15) is 16.1 Å². The number of rotatable bonds is 6. The highest BCUT2D eigenvalue weighted by atomic mass is 19.1. The third-order valence-corrected chi connectivity index (χ3v) is 3.64. The minimum Gasteiger partial charge on any atom is -0.320 e. The summed E-state index contributed by atoms with van der Waals surface area (Å²) in [5.74, 6) is -2.06. The lowest BCUT2D eigenvalue weighted by Crippen LogP contribution is -2.13. The van der Waals surface area contributed by atoms with Gasteiger partial charge in [-0.3, -0.25) is 9.80 Å². The Morgan fingerprint density at radius 3 is 2.43 bits per heavy atom. The van der Waals surface area contributed by atoms with Crippen molar-refractivity contribution < 1.29 is 13.6 Å². The molecule has 0 fully saturated rings. The van der Waals surface area contributed by atoms with E-state index in [-0.39, 0.29) is 23.6 Å². The molecule has 0 aliphatic heterocycles. The molecule has 0 spiro atoms. The van der Waals surface area contributed by atoms with Crippen LogP contribution in [-0.4, -0.2) is 40.0 Å². The highest BCUT2D eigenvalue weighted by molar-refractivity contribution is 6.05. The van der Waals surface area contributed by atoms with Gasteiger partial charge in [0.1, 0.15) is 11.6 Å². The lowest BCUT2D eigenvalue weighted by molar-refractivity contribution is 0.102. The van der Waals surface area contributed by atoms with E-state index >= 15 is 0 Å². The van der Waals surface area contributed by atoms with Crippen LogP contribution in [0.2, 0.25) is 0 Å². The maximum Gasteiger partial charge on any atom is 0.280 e. The van der Waals surface area contributed by atoms with E-state index in [1.165, 1.54) is 11.1 Å². The van der Waals surface area contributed by atoms with Crippen LogP contribution >= 0.6 is 0 Å². The fourth-order valence-electron chi connectivity index (χ4n) is 2.34. The van der Waals surface area contributed by atoms with E-state index < -0.39 is 17.5 Å². The number of nitrogens with one attached hydrogen (secondary N) is 1. The number of carbonyl (C=O) groups is 1. The molecule has 0 atom stereocenters. The molecule has 3 rings (SSSR count). The van der Waals surface area contributed by atoms with Crippen LogP contribution < -0.4 is 5.32 Å². The number of para-hydroxylation sites is 1.